The molecule has 94 valence electrons. The van der Waals surface area contributed by atoms with E-state index in [-0.39, 0.29) is 5.82 Å². The maximum Gasteiger partial charge on any atom is 0.123 e. The molecule has 1 aromatic carbocycles. The van der Waals surface area contributed by atoms with Gasteiger partial charge >= 0.3 is 0 Å². The minimum atomic E-state index is -0.141. The average Bonchev–Trinajstić information content (AvgIpc) is 2.63. The summed E-state index contributed by atoms with van der Waals surface area (Å²) in [7, 11) is 0. The number of benzene rings is 1. The third kappa shape index (κ3) is 2.89. The van der Waals surface area contributed by atoms with Gasteiger partial charge in [-0.3, -0.25) is 4.90 Å². The van der Waals surface area contributed by atoms with E-state index in [1.165, 1.54) is 12.0 Å². The summed E-state index contributed by atoms with van der Waals surface area (Å²) in [6.07, 6.45) is 1.26. The van der Waals surface area contributed by atoms with Crippen LogP contribution in [0.15, 0.2) is 18.2 Å². The van der Waals surface area contributed by atoms with E-state index >= 15 is 0 Å². The molecule has 1 aromatic rings. The van der Waals surface area contributed by atoms with Crippen molar-refractivity contribution in [2.45, 2.75) is 32.9 Å². The zero-order valence-corrected chi connectivity index (χ0v) is 12.0. The topological polar surface area (TPSA) is 3.24 Å². The molecular formula is C14H19BrFN. The molecule has 1 aliphatic rings. The van der Waals surface area contributed by atoms with Gasteiger partial charge in [0.15, 0.2) is 0 Å². The number of alkyl halides is 1. The van der Waals surface area contributed by atoms with Crippen LogP contribution in [0.5, 0.6) is 0 Å². The minimum absolute atomic E-state index is 0.141. The number of aryl methyl sites for hydroxylation is 1. The van der Waals surface area contributed by atoms with Gasteiger partial charge in [0.05, 0.1) is 0 Å². The van der Waals surface area contributed by atoms with Crippen LogP contribution in [0.25, 0.3) is 0 Å². The van der Waals surface area contributed by atoms with Gasteiger partial charge in [0, 0.05) is 17.9 Å². The predicted molar refractivity (Wildman–Crippen MR) is 72.9 cm³/mol. The first-order valence-electron chi connectivity index (χ1n) is 6.17. The monoisotopic (exact) mass is 299 g/mol. The Morgan fingerprint density at radius 1 is 1.47 bits per heavy atom. The van der Waals surface area contributed by atoms with Crippen molar-refractivity contribution in [3.05, 3.63) is 35.1 Å². The molecule has 1 saturated heterocycles. The first kappa shape index (κ1) is 13.0. The van der Waals surface area contributed by atoms with Crippen LogP contribution >= 0.6 is 15.9 Å². The average molecular weight is 300 g/mol. The molecule has 3 heteroatoms. The van der Waals surface area contributed by atoms with Gasteiger partial charge in [-0.25, -0.2) is 4.39 Å². The number of nitrogens with zero attached hydrogens (tertiary/aromatic N) is 1. The standard InChI is InChI=1S/C14H19BrFN/c1-10-5-6-17(14(10)8-15)9-12-3-4-13(16)7-11(12)2/h3-4,7,10,14H,5-6,8-9H2,1-2H3. The first-order valence-corrected chi connectivity index (χ1v) is 7.29. The quantitative estimate of drug-likeness (QED) is 0.769. The molecule has 0 bridgehead atoms. The van der Waals surface area contributed by atoms with E-state index in [2.05, 4.69) is 27.8 Å². The van der Waals surface area contributed by atoms with Crippen LogP contribution in [0.1, 0.15) is 24.5 Å². The number of halogens is 2. The lowest BCUT2D eigenvalue weighted by Gasteiger charge is -2.25. The molecule has 17 heavy (non-hydrogen) atoms. The molecule has 1 heterocycles. The number of likely N-dealkylation sites (tertiary alicyclic amines) is 1. The summed E-state index contributed by atoms with van der Waals surface area (Å²) in [5.41, 5.74) is 2.30. The van der Waals surface area contributed by atoms with Gasteiger partial charge in [-0.1, -0.05) is 28.9 Å². The van der Waals surface area contributed by atoms with Gasteiger partial charge in [-0.15, -0.1) is 0 Å². The lowest BCUT2D eigenvalue weighted by Crippen LogP contribution is -2.33. The summed E-state index contributed by atoms with van der Waals surface area (Å²) < 4.78 is 13.0. The highest BCUT2D eigenvalue weighted by molar-refractivity contribution is 9.09. The lowest BCUT2D eigenvalue weighted by molar-refractivity contribution is 0.244. The summed E-state index contributed by atoms with van der Waals surface area (Å²) in [5.74, 6) is 0.605. The second-order valence-corrected chi connectivity index (χ2v) is 5.68. The van der Waals surface area contributed by atoms with Crippen LogP contribution in [-0.4, -0.2) is 22.8 Å². The van der Waals surface area contributed by atoms with Gasteiger partial charge < -0.3 is 0 Å². The van der Waals surface area contributed by atoms with Crippen molar-refractivity contribution in [2.75, 3.05) is 11.9 Å². The molecule has 0 amide bonds. The van der Waals surface area contributed by atoms with Crippen LogP contribution in [0, 0.1) is 18.7 Å². The van der Waals surface area contributed by atoms with Crippen molar-refractivity contribution in [1.82, 2.24) is 4.90 Å². The van der Waals surface area contributed by atoms with Crippen molar-refractivity contribution >= 4 is 15.9 Å². The van der Waals surface area contributed by atoms with Gasteiger partial charge in [-0.05, 0) is 49.1 Å². The summed E-state index contributed by atoms with van der Waals surface area (Å²) in [6, 6.07) is 5.71. The normalized spacial score (nSPS) is 25.4. The van der Waals surface area contributed by atoms with Crippen molar-refractivity contribution in [3.8, 4) is 0 Å². The Hall–Kier alpha value is -0.410. The van der Waals surface area contributed by atoms with Crippen LogP contribution in [0.4, 0.5) is 4.39 Å². The Morgan fingerprint density at radius 2 is 2.24 bits per heavy atom. The second-order valence-electron chi connectivity index (χ2n) is 5.03. The van der Waals surface area contributed by atoms with Crippen LogP contribution in [0.2, 0.25) is 0 Å². The molecule has 0 aromatic heterocycles. The Balaban J connectivity index is 2.10. The zero-order valence-electron chi connectivity index (χ0n) is 10.4. The van der Waals surface area contributed by atoms with E-state index in [1.54, 1.807) is 12.1 Å². The van der Waals surface area contributed by atoms with Crippen molar-refractivity contribution < 1.29 is 4.39 Å². The highest BCUT2D eigenvalue weighted by Crippen LogP contribution is 2.27. The fourth-order valence-electron chi connectivity index (χ4n) is 2.59. The highest BCUT2D eigenvalue weighted by atomic mass is 79.9. The molecule has 2 rings (SSSR count). The van der Waals surface area contributed by atoms with E-state index in [4.69, 9.17) is 0 Å². The van der Waals surface area contributed by atoms with Gasteiger partial charge in [0.25, 0.3) is 0 Å². The second kappa shape index (κ2) is 5.49. The maximum absolute atomic E-state index is 13.0. The summed E-state index contributed by atoms with van der Waals surface area (Å²) >= 11 is 3.60. The summed E-state index contributed by atoms with van der Waals surface area (Å²) in [6.45, 7) is 6.38. The number of rotatable bonds is 3. The van der Waals surface area contributed by atoms with Crippen LogP contribution in [-0.2, 0) is 6.54 Å². The third-order valence-corrected chi connectivity index (χ3v) is 4.50. The number of hydrogen-bond acceptors (Lipinski definition) is 1. The SMILES string of the molecule is Cc1cc(F)ccc1CN1CCC(C)C1CBr. The largest absolute Gasteiger partial charge is 0.295 e. The Labute approximate surface area is 111 Å². The minimum Gasteiger partial charge on any atom is -0.295 e. The molecule has 2 unspecified atom stereocenters. The molecule has 1 fully saturated rings. The van der Waals surface area contributed by atoms with Gasteiger partial charge in [-0.2, -0.15) is 0 Å². The van der Waals surface area contributed by atoms with E-state index < -0.39 is 0 Å². The van der Waals surface area contributed by atoms with Crippen molar-refractivity contribution in [1.29, 1.82) is 0 Å². The highest BCUT2D eigenvalue weighted by Gasteiger charge is 2.30. The molecule has 0 N–H and O–H groups in total. The zero-order chi connectivity index (χ0) is 12.4. The Bertz CT molecular complexity index is 394. The molecule has 0 spiro atoms. The molecule has 0 aliphatic carbocycles. The van der Waals surface area contributed by atoms with E-state index in [1.807, 2.05) is 13.0 Å². The predicted octanol–water partition coefficient (Wildman–Crippen LogP) is 3.74. The van der Waals surface area contributed by atoms with Gasteiger partial charge in [0.1, 0.15) is 5.82 Å². The Kier molecular flexibility index (Phi) is 4.21. The van der Waals surface area contributed by atoms with Gasteiger partial charge in [0.2, 0.25) is 0 Å². The molecule has 1 nitrogen and oxygen atoms in total. The van der Waals surface area contributed by atoms with Crippen LogP contribution < -0.4 is 0 Å². The lowest BCUT2D eigenvalue weighted by atomic mass is 10.0. The fraction of sp³-hybridized carbons (Fsp3) is 0.571. The fourth-order valence-corrected chi connectivity index (χ4v) is 3.64. The van der Waals surface area contributed by atoms with Crippen molar-refractivity contribution in [3.63, 3.8) is 0 Å². The molecule has 0 radical (unpaired) electrons. The smallest absolute Gasteiger partial charge is 0.123 e. The van der Waals surface area contributed by atoms with Crippen molar-refractivity contribution in [2.24, 2.45) is 5.92 Å². The van der Waals surface area contributed by atoms with E-state index in [0.717, 1.165) is 29.9 Å². The number of hydrogen-bond donors (Lipinski definition) is 0. The van der Waals surface area contributed by atoms with E-state index in [0.29, 0.717) is 6.04 Å². The molecule has 1 aliphatic heterocycles. The maximum atomic E-state index is 13.0. The molecule has 0 saturated carbocycles. The third-order valence-electron chi connectivity index (χ3n) is 3.83. The summed E-state index contributed by atoms with van der Waals surface area (Å²) in [5, 5.41) is 1.02. The van der Waals surface area contributed by atoms with E-state index in [9.17, 15) is 4.39 Å². The molecule has 2 atom stereocenters. The van der Waals surface area contributed by atoms with Crippen LogP contribution in [0.3, 0.4) is 0 Å². The molecular weight excluding hydrogens is 281 g/mol. The summed E-state index contributed by atoms with van der Waals surface area (Å²) in [4.78, 5) is 2.50. The Morgan fingerprint density at radius 3 is 2.88 bits per heavy atom. The first-order chi connectivity index (χ1) is 8.11.